The minimum Gasteiger partial charge on any atom is -0.384 e. The molecule has 0 saturated carbocycles. The molecule has 2 nitrogen and oxygen atoms in total. The van der Waals surface area contributed by atoms with Crippen molar-refractivity contribution in [3.63, 3.8) is 0 Å². The molecule has 0 aliphatic rings. The number of aryl methyl sites for hydroxylation is 1. The van der Waals surface area contributed by atoms with E-state index in [4.69, 9.17) is 10.5 Å². The third-order valence-electron chi connectivity index (χ3n) is 2.29. The summed E-state index contributed by atoms with van der Waals surface area (Å²) in [5, 5.41) is 0. The Kier molecular flexibility index (Phi) is 5.27. The van der Waals surface area contributed by atoms with Crippen LogP contribution in [0.5, 0.6) is 0 Å². The van der Waals surface area contributed by atoms with E-state index in [1.807, 2.05) is 0 Å². The highest BCUT2D eigenvalue weighted by Gasteiger charge is 1.94. The summed E-state index contributed by atoms with van der Waals surface area (Å²) in [5.41, 5.74) is 8.16. The maximum absolute atomic E-state index is 5.46. The predicted octanol–water partition coefficient (Wildman–Crippen LogP) is 1.77. The molecule has 0 spiro atoms. The van der Waals surface area contributed by atoms with Crippen molar-refractivity contribution in [3.05, 3.63) is 35.4 Å². The molecular weight excluding hydrogens is 174 g/mol. The summed E-state index contributed by atoms with van der Waals surface area (Å²) in [6.45, 7) is 1.56. The van der Waals surface area contributed by atoms with Crippen molar-refractivity contribution in [1.82, 2.24) is 0 Å². The molecule has 0 saturated heterocycles. The van der Waals surface area contributed by atoms with E-state index in [2.05, 4.69) is 24.3 Å². The van der Waals surface area contributed by atoms with E-state index in [0.717, 1.165) is 32.4 Å². The standard InChI is InChI=1S/C12H19NO/c1-14-10-8-12-6-4-11(5-7-12)3-2-9-13/h4-7H,2-3,8-10,13H2,1H3. The maximum Gasteiger partial charge on any atom is 0.0502 e. The molecule has 0 radical (unpaired) electrons. The lowest BCUT2D eigenvalue weighted by Gasteiger charge is -2.03. The lowest BCUT2D eigenvalue weighted by molar-refractivity contribution is 0.202. The van der Waals surface area contributed by atoms with Gasteiger partial charge in [-0.2, -0.15) is 0 Å². The Balaban J connectivity index is 2.42. The first-order valence-electron chi connectivity index (χ1n) is 5.13. The average Bonchev–Trinajstić information content (AvgIpc) is 2.25. The predicted molar refractivity (Wildman–Crippen MR) is 59.4 cm³/mol. The van der Waals surface area contributed by atoms with Gasteiger partial charge in [-0.15, -0.1) is 0 Å². The minimum atomic E-state index is 0.769. The van der Waals surface area contributed by atoms with E-state index in [0.29, 0.717) is 0 Å². The zero-order valence-corrected chi connectivity index (χ0v) is 8.83. The smallest absolute Gasteiger partial charge is 0.0502 e. The van der Waals surface area contributed by atoms with E-state index in [1.165, 1.54) is 11.1 Å². The second kappa shape index (κ2) is 6.57. The quantitative estimate of drug-likeness (QED) is 0.747. The van der Waals surface area contributed by atoms with Crippen LogP contribution >= 0.6 is 0 Å². The van der Waals surface area contributed by atoms with Gasteiger partial charge in [0.05, 0.1) is 6.61 Å². The molecule has 0 aromatic heterocycles. The summed E-state index contributed by atoms with van der Waals surface area (Å²) in [4.78, 5) is 0. The van der Waals surface area contributed by atoms with E-state index in [1.54, 1.807) is 7.11 Å². The van der Waals surface area contributed by atoms with Crippen LogP contribution in [0.15, 0.2) is 24.3 Å². The summed E-state index contributed by atoms with van der Waals surface area (Å²) in [5.74, 6) is 0. The van der Waals surface area contributed by atoms with Gasteiger partial charge in [-0.3, -0.25) is 0 Å². The lowest BCUT2D eigenvalue weighted by atomic mass is 10.1. The van der Waals surface area contributed by atoms with Crippen molar-refractivity contribution < 1.29 is 4.74 Å². The Morgan fingerprint density at radius 1 is 1.07 bits per heavy atom. The van der Waals surface area contributed by atoms with E-state index >= 15 is 0 Å². The van der Waals surface area contributed by atoms with Gasteiger partial charge in [-0.1, -0.05) is 24.3 Å². The van der Waals surface area contributed by atoms with Crippen LogP contribution in [0.1, 0.15) is 17.5 Å². The van der Waals surface area contributed by atoms with Gasteiger partial charge in [0.1, 0.15) is 0 Å². The Hall–Kier alpha value is -0.860. The fraction of sp³-hybridized carbons (Fsp3) is 0.500. The first-order chi connectivity index (χ1) is 6.86. The van der Waals surface area contributed by atoms with Crippen LogP contribution in [0, 0.1) is 0 Å². The van der Waals surface area contributed by atoms with Crippen molar-refractivity contribution in [1.29, 1.82) is 0 Å². The highest BCUT2D eigenvalue weighted by atomic mass is 16.5. The van der Waals surface area contributed by atoms with Crippen LogP contribution in [0.2, 0.25) is 0 Å². The van der Waals surface area contributed by atoms with Gasteiger partial charge in [0.2, 0.25) is 0 Å². The van der Waals surface area contributed by atoms with Crippen molar-refractivity contribution in [3.8, 4) is 0 Å². The van der Waals surface area contributed by atoms with E-state index in [-0.39, 0.29) is 0 Å². The second-order valence-electron chi connectivity index (χ2n) is 3.45. The summed E-state index contributed by atoms with van der Waals surface area (Å²) < 4.78 is 5.02. The molecule has 0 bridgehead atoms. The minimum absolute atomic E-state index is 0.769. The number of nitrogens with two attached hydrogens (primary N) is 1. The molecule has 0 aliphatic heterocycles. The third kappa shape index (κ3) is 3.90. The molecule has 0 fully saturated rings. The fourth-order valence-corrected chi connectivity index (χ4v) is 1.40. The van der Waals surface area contributed by atoms with Gasteiger partial charge in [0.15, 0.2) is 0 Å². The number of hydrogen-bond acceptors (Lipinski definition) is 2. The number of methoxy groups -OCH3 is 1. The summed E-state index contributed by atoms with van der Waals surface area (Å²) in [7, 11) is 1.73. The number of benzene rings is 1. The molecule has 0 heterocycles. The van der Waals surface area contributed by atoms with Gasteiger partial charge in [-0.05, 0) is 36.9 Å². The van der Waals surface area contributed by atoms with E-state index < -0.39 is 0 Å². The maximum atomic E-state index is 5.46. The normalized spacial score (nSPS) is 10.4. The monoisotopic (exact) mass is 193 g/mol. The van der Waals surface area contributed by atoms with Crippen LogP contribution in [-0.4, -0.2) is 20.3 Å². The lowest BCUT2D eigenvalue weighted by Crippen LogP contribution is -2.00. The zero-order valence-electron chi connectivity index (χ0n) is 8.83. The Morgan fingerprint density at radius 2 is 1.64 bits per heavy atom. The van der Waals surface area contributed by atoms with Gasteiger partial charge in [-0.25, -0.2) is 0 Å². The third-order valence-corrected chi connectivity index (χ3v) is 2.29. The van der Waals surface area contributed by atoms with E-state index in [9.17, 15) is 0 Å². The molecule has 1 rings (SSSR count). The summed E-state index contributed by atoms with van der Waals surface area (Å²) in [6, 6.07) is 8.71. The first kappa shape index (κ1) is 11.2. The Morgan fingerprint density at radius 3 is 2.14 bits per heavy atom. The molecular formula is C12H19NO. The van der Waals surface area contributed by atoms with Gasteiger partial charge in [0.25, 0.3) is 0 Å². The highest BCUT2D eigenvalue weighted by Crippen LogP contribution is 2.07. The summed E-state index contributed by atoms with van der Waals surface area (Å²) >= 11 is 0. The molecule has 2 N–H and O–H groups in total. The van der Waals surface area contributed by atoms with Crippen molar-refractivity contribution in [2.45, 2.75) is 19.3 Å². The number of ether oxygens (including phenoxy) is 1. The summed E-state index contributed by atoms with van der Waals surface area (Å²) in [6.07, 6.45) is 3.14. The van der Waals surface area contributed by atoms with Gasteiger partial charge < -0.3 is 10.5 Å². The molecule has 78 valence electrons. The zero-order chi connectivity index (χ0) is 10.2. The molecule has 0 atom stereocenters. The molecule has 14 heavy (non-hydrogen) atoms. The Bertz CT molecular complexity index is 216. The molecule has 1 aromatic carbocycles. The highest BCUT2D eigenvalue weighted by molar-refractivity contribution is 5.22. The van der Waals surface area contributed by atoms with Gasteiger partial charge in [0, 0.05) is 7.11 Å². The van der Waals surface area contributed by atoms with Crippen molar-refractivity contribution in [2.75, 3.05) is 20.3 Å². The average molecular weight is 193 g/mol. The topological polar surface area (TPSA) is 35.2 Å². The van der Waals surface area contributed by atoms with Crippen LogP contribution < -0.4 is 5.73 Å². The molecule has 0 unspecified atom stereocenters. The van der Waals surface area contributed by atoms with Crippen molar-refractivity contribution in [2.24, 2.45) is 5.73 Å². The van der Waals surface area contributed by atoms with Crippen molar-refractivity contribution >= 4 is 0 Å². The van der Waals surface area contributed by atoms with Crippen LogP contribution in [0.25, 0.3) is 0 Å². The number of hydrogen-bond donors (Lipinski definition) is 1. The second-order valence-corrected chi connectivity index (χ2v) is 3.45. The SMILES string of the molecule is COCCc1ccc(CCCN)cc1. The fourth-order valence-electron chi connectivity index (χ4n) is 1.40. The Labute approximate surface area is 86.1 Å². The van der Waals surface area contributed by atoms with Crippen LogP contribution in [0.3, 0.4) is 0 Å². The number of rotatable bonds is 6. The molecule has 0 aliphatic carbocycles. The van der Waals surface area contributed by atoms with Crippen LogP contribution in [0.4, 0.5) is 0 Å². The molecule has 0 amide bonds. The first-order valence-corrected chi connectivity index (χ1v) is 5.13. The van der Waals surface area contributed by atoms with Gasteiger partial charge >= 0.3 is 0 Å². The largest absolute Gasteiger partial charge is 0.384 e. The van der Waals surface area contributed by atoms with Crippen LogP contribution in [-0.2, 0) is 17.6 Å². The molecule has 2 heteroatoms. The molecule has 1 aromatic rings.